The molecule has 3 saturated heterocycles. The van der Waals surface area contributed by atoms with E-state index in [1.54, 1.807) is 17.9 Å². The number of fused-ring (bicyclic) bond motifs is 1. The van der Waals surface area contributed by atoms with Crippen molar-refractivity contribution in [2.75, 3.05) is 18.1 Å². The minimum atomic E-state index is -4.67. The van der Waals surface area contributed by atoms with Crippen LogP contribution in [-0.2, 0) is 21.3 Å². The summed E-state index contributed by atoms with van der Waals surface area (Å²) in [5, 5.41) is 28.5. The van der Waals surface area contributed by atoms with Gasteiger partial charge in [0.05, 0.1) is 18.0 Å². The molecule has 14 heteroatoms. The Morgan fingerprint density at radius 2 is 2.05 bits per heavy atom. The van der Waals surface area contributed by atoms with Crippen LogP contribution in [-0.4, -0.2) is 53.1 Å². The van der Waals surface area contributed by atoms with Crippen molar-refractivity contribution >= 4 is 30.0 Å². The molecule has 4 heterocycles. The van der Waals surface area contributed by atoms with Crippen LogP contribution in [0.2, 0.25) is 0 Å². The Labute approximate surface area is 227 Å². The van der Waals surface area contributed by atoms with E-state index in [9.17, 15) is 37.7 Å². The lowest BCUT2D eigenvalue weighted by atomic mass is 9.71. The molecular formula is C26H26BF4N5O4. The Bertz CT molecular complexity index is 1420. The molecular weight excluding hydrogens is 533 g/mol. The standard InChI is InChI=1S/C26H26BF4N5O4/c1-13-6-15(4-5-36(13)20-8-16(27(38)39)7-19(28)18(20)11-32)24(37)35-23(33)17-2-3-21(26(29,30)31)34-22(17)25-9-14(10-25)12-40-25/h2-3,7-8,13-15,38-39H,4-6,9-10,12H2,1H3,(H2,33,35,37)/t13?,14?,15-,25?/m0/s1. The maximum absolute atomic E-state index is 14.5. The van der Waals surface area contributed by atoms with Gasteiger partial charge in [0.15, 0.2) is 0 Å². The predicted octanol–water partition coefficient (Wildman–Crippen LogP) is 1.96. The van der Waals surface area contributed by atoms with Gasteiger partial charge in [0.2, 0.25) is 0 Å². The molecule has 0 radical (unpaired) electrons. The number of benzene rings is 1. The van der Waals surface area contributed by atoms with Gasteiger partial charge in [0.25, 0.3) is 5.91 Å². The second kappa shape index (κ2) is 10.1. The van der Waals surface area contributed by atoms with Crippen molar-refractivity contribution in [1.82, 2.24) is 4.98 Å². The summed E-state index contributed by atoms with van der Waals surface area (Å²) in [5.74, 6) is -2.05. The highest BCUT2D eigenvalue weighted by molar-refractivity contribution is 6.58. The number of piperidine rings is 1. The van der Waals surface area contributed by atoms with Gasteiger partial charge in [0, 0.05) is 24.1 Å². The Kier molecular flexibility index (Phi) is 7.10. The second-order valence-electron chi connectivity index (χ2n) is 10.7. The molecule has 1 amide bonds. The van der Waals surface area contributed by atoms with Crippen molar-refractivity contribution in [3.63, 3.8) is 0 Å². The molecule has 1 aromatic heterocycles. The quantitative estimate of drug-likeness (QED) is 0.218. The van der Waals surface area contributed by atoms with Gasteiger partial charge in [-0.2, -0.15) is 23.4 Å². The number of nitriles is 1. The van der Waals surface area contributed by atoms with Crippen molar-refractivity contribution in [1.29, 1.82) is 5.26 Å². The lowest BCUT2D eigenvalue weighted by molar-refractivity contribution is -0.141. The van der Waals surface area contributed by atoms with E-state index in [4.69, 9.17) is 10.5 Å². The Morgan fingerprint density at radius 1 is 1.32 bits per heavy atom. The first kappa shape index (κ1) is 28.0. The number of hydrogen-bond donors (Lipinski definition) is 3. The Balaban J connectivity index is 1.38. The Hall–Kier alpha value is -3.54. The zero-order valence-corrected chi connectivity index (χ0v) is 21.5. The highest BCUT2D eigenvalue weighted by Crippen LogP contribution is 2.55. The molecule has 1 unspecified atom stereocenters. The summed E-state index contributed by atoms with van der Waals surface area (Å²) in [4.78, 5) is 22.8. The van der Waals surface area contributed by atoms with E-state index in [0.29, 0.717) is 19.4 Å². The van der Waals surface area contributed by atoms with Gasteiger partial charge < -0.3 is 25.4 Å². The lowest BCUT2D eigenvalue weighted by Gasteiger charge is -2.39. The van der Waals surface area contributed by atoms with Crippen LogP contribution in [0.4, 0.5) is 23.2 Å². The van der Waals surface area contributed by atoms with Crippen LogP contribution in [0, 0.1) is 29.0 Å². The molecule has 4 aliphatic rings. The van der Waals surface area contributed by atoms with E-state index in [2.05, 4.69) is 9.98 Å². The molecule has 40 heavy (non-hydrogen) atoms. The van der Waals surface area contributed by atoms with E-state index in [0.717, 1.165) is 12.1 Å². The number of ether oxygens (including phenoxy) is 1. The molecule has 2 atom stereocenters. The van der Waals surface area contributed by atoms with Crippen LogP contribution in [0.15, 0.2) is 29.3 Å². The van der Waals surface area contributed by atoms with E-state index in [1.807, 2.05) is 0 Å². The largest absolute Gasteiger partial charge is 0.488 e. The van der Waals surface area contributed by atoms with Crippen LogP contribution in [0.3, 0.4) is 0 Å². The number of pyridine rings is 1. The zero-order valence-electron chi connectivity index (χ0n) is 21.5. The van der Waals surface area contributed by atoms with Gasteiger partial charge in [-0.25, -0.2) is 9.37 Å². The first-order valence-electron chi connectivity index (χ1n) is 12.8. The predicted molar refractivity (Wildman–Crippen MR) is 136 cm³/mol. The topological polar surface area (TPSA) is 145 Å². The van der Waals surface area contributed by atoms with Crippen molar-refractivity contribution in [2.45, 2.75) is 50.4 Å². The van der Waals surface area contributed by atoms with Crippen LogP contribution >= 0.6 is 0 Å². The molecule has 6 rings (SSSR count). The van der Waals surface area contributed by atoms with Crippen molar-refractivity contribution in [2.24, 2.45) is 22.6 Å². The number of hydrogen-bond acceptors (Lipinski definition) is 7. The highest BCUT2D eigenvalue weighted by atomic mass is 19.4. The smallest absolute Gasteiger partial charge is 0.423 e. The maximum atomic E-state index is 14.5. The number of amides is 1. The molecule has 1 saturated carbocycles. The fourth-order valence-corrected chi connectivity index (χ4v) is 5.94. The number of carbonyl (C=O) groups excluding carboxylic acids is 1. The van der Waals surface area contributed by atoms with Gasteiger partial charge in [-0.15, -0.1) is 0 Å². The molecule has 9 nitrogen and oxygen atoms in total. The van der Waals surface area contributed by atoms with Crippen LogP contribution in [0.5, 0.6) is 0 Å². The summed E-state index contributed by atoms with van der Waals surface area (Å²) in [6, 6.07) is 5.63. The fraction of sp³-hybridized carbons (Fsp3) is 0.462. The van der Waals surface area contributed by atoms with E-state index < -0.39 is 42.2 Å². The average Bonchev–Trinajstić information content (AvgIpc) is 3.50. The summed E-state index contributed by atoms with van der Waals surface area (Å²) in [7, 11) is -1.93. The number of alkyl halides is 3. The monoisotopic (exact) mass is 559 g/mol. The summed E-state index contributed by atoms with van der Waals surface area (Å²) >= 11 is 0. The summed E-state index contributed by atoms with van der Waals surface area (Å²) in [6.07, 6.45) is -3.09. The molecule has 2 aromatic rings. The highest BCUT2D eigenvalue weighted by Gasteiger charge is 2.55. The van der Waals surface area contributed by atoms with Gasteiger partial charge in [-0.3, -0.25) is 4.79 Å². The number of anilines is 1. The van der Waals surface area contributed by atoms with E-state index in [-0.39, 0.29) is 65.2 Å². The minimum absolute atomic E-state index is 0.0327. The molecule has 3 aliphatic heterocycles. The molecule has 2 bridgehead atoms. The number of aromatic nitrogens is 1. The first-order valence-corrected chi connectivity index (χ1v) is 12.8. The van der Waals surface area contributed by atoms with Crippen LogP contribution in [0.25, 0.3) is 0 Å². The number of amidine groups is 1. The SMILES string of the molecule is CC1C[C@@H](C(=O)N=C(N)c2ccc(C(F)(F)F)nc2C23CC(CO2)C3)CCN1c1cc(B(O)O)cc(F)c1C#N. The molecule has 210 valence electrons. The third-order valence-electron chi connectivity index (χ3n) is 7.99. The van der Waals surface area contributed by atoms with E-state index >= 15 is 0 Å². The maximum Gasteiger partial charge on any atom is 0.488 e. The Morgan fingerprint density at radius 3 is 2.62 bits per heavy atom. The normalized spacial score (nSPS) is 26.3. The molecule has 4 N–H and O–H groups in total. The zero-order chi connectivity index (χ0) is 29.0. The molecule has 1 aromatic carbocycles. The van der Waals surface area contributed by atoms with Gasteiger partial charge >= 0.3 is 13.3 Å². The molecule has 1 aliphatic carbocycles. The summed E-state index contributed by atoms with van der Waals surface area (Å²) in [5.41, 5.74) is 4.10. The van der Waals surface area contributed by atoms with Crippen molar-refractivity contribution in [3.8, 4) is 6.07 Å². The van der Waals surface area contributed by atoms with Gasteiger partial charge in [-0.1, -0.05) is 0 Å². The van der Waals surface area contributed by atoms with E-state index in [1.165, 1.54) is 12.1 Å². The lowest BCUT2D eigenvalue weighted by Crippen LogP contribution is -2.44. The van der Waals surface area contributed by atoms with Crippen LogP contribution in [0.1, 0.15) is 55.1 Å². The first-order chi connectivity index (χ1) is 18.8. The third-order valence-corrected chi connectivity index (χ3v) is 7.99. The second-order valence-corrected chi connectivity index (χ2v) is 10.7. The fourth-order valence-electron chi connectivity index (χ4n) is 5.94. The molecule has 0 spiro atoms. The minimum Gasteiger partial charge on any atom is -0.423 e. The number of rotatable bonds is 5. The summed E-state index contributed by atoms with van der Waals surface area (Å²) in [6.45, 7) is 2.42. The van der Waals surface area contributed by atoms with Crippen molar-refractivity contribution < 1.29 is 37.1 Å². The third kappa shape index (κ3) is 4.93. The average molecular weight is 559 g/mol. The number of carbonyl (C=O) groups is 1. The summed E-state index contributed by atoms with van der Waals surface area (Å²) < 4.78 is 60.5. The number of halogens is 4. The number of nitrogens with zero attached hydrogens (tertiary/aromatic N) is 4. The van der Waals surface area contributed by atoms with Gasteiger partial charge in [-0.05, 0) is 68.3 Å². The number of aliphatic imine (C=N–C) groups is 1. The molecule has 4 fully saturated rings. The number of nitrogens with two attached hydrogens (primary N) is 1. The van der Waals surface area contributed by atoms with Crippen molar-refractivity contribution in [3.05, 3.63) is 52.6 Å². The van der Waals surface area contributed by atoms with Crippen LogP contribution < -0.4 is 16.1 Å². The van der Waals surface area contributed by atoms with Gasteiger partial charge in [0.1, 0.15) is 34.6 Å².